The Bertz CT molecular complexity index is 932. The van der Waals surface area contributed by atoms with Gasteiger partial charge < -0.3 is 83.5 Å². The number of hydrogen-bond donors (Lipinski definition) is 11. The lowest BCUT2D eigenvalue weighted by Crippen LogP contribution is -2.67. The largest absolute Gasteiger partial charge is 0.394 e. The Kier molecular flexibility index (Phi) is 13.5. The Hall–Kier alpha value is -1.37. The zero-order chi connectivity index (χ0) is 32.8. The molecule has 3 aliphatic heterocycles. The Balaban J connectivity index is 1.53. The van der Waals surface area contributed by atoms with E-state index in [0.29, 0.717) is 30.7 Å². The summed E-state index contributed by atoms with van der Waals surface area (Å²) < 4.78 is 36.0. The van der Waals surface area contributed by atoms with Crippen LogP contribution in [-0.2, 0) is 28.4 Å². The molecule has 4 rings (SSSR count). The van der Waals surface area contributed by atoms with Gasteiger partial charge in [0.25, 0.3) is 0 Å². The zero-order valence-corrected chi connectivity index (χ0v) is 25.3. The van der Waals surface area contributed by atoms with Crippen LogP contribution in [0.15, 0.2) is 0 Å². The smallest absolute Gasteiger partial charge is 0.341 e. The quantitative estimate of drug-likeness (QED) is 0.0692. The number of hydrogen-bond acceptors (Lipinski definition) is 17. The normalized spacial score (nSPS) is 44.1. The van der Waals surface area contributed by atoms with E-state index < -0.39 is 92.3 Å². The van der Waals surface area contributed by atoms with E-state index in [1.54, 1.807) is 0 Å². The van der Waals surface area contributed by atoms with Gasteiger partial charge in [-0.1, -0.05) is 0 Å². The number of aliphatic hydroxyl groups is 3. The summed E-state index contributed by atoms with van der Waals surface area (Å²) in [5.74, 6) is 0. The van der Waals surface area contributed by atoms with Gasteiger partial charge in [0.2, 0.25) is 0 Å². The van der Waals surface area contributed by atoms with E-state index in [-0.39, 0.29) is 44.8 Å². The number of nitrogens with zero attached hydrogens (tertiary/aromatic N) is 1. The lowest BCUT2D eigenvalue weighted by molar-refractivity contribution is -0.288. The highest BCUT2D eigenvalue weighted by Gasteiger charge is 2.53. The van der Waals surface area contributed by atoms with Crippen molar-refractivity contribution in [1.82, 2.24) is 10.4 Å². The Morgan fingerprint density at radius 1 is 0.778 bits per heavy atom. The molecule has 4 fully saturated rings. The molecule has 17 N–H and O–H groups in total. The lowest BCUT2D eigenvalue weighted by atomic mass is 9.83. The molecule has 1 saturated carbocycles. The molecule has 3 saturated heterocycles. The molecule has 15 unspecified atom stereocenters. The summed E-state index contributed by atoms with van der Waals surface area (Å²) in [6.45, 7) is -0.205. The molecule has 0 aromatic heterocycles. The van der Waals surface area contributed by atoms with Gasteiger partial charge in [-0.25, -0.2) is 9.86 Å². The molecular weight excluding hydrogens is 600 g/mol. The zero-order valence-electron chi connectivity index (χ0n) is 25.3. The summed E-state index contributed by atoms with van der Waals surface area (Å²) in [6.07, 6.45) is -9.04. The fraction of sp³-hybridized carbons (Fsp3) is 0.962. The van der Waals surface area contributed by atoms with E-state index in [1.165, 1.54) is 0 Å². The van der Waals surface area contributed by atoms with Crippen LogP contribution < -0.4 is 39.7 Å². The summed E-state index contributed by atoms with van der Waals surface area (Å²) in [5.41, 5.74) is 36.0. The molecule has 45 heavy (non-hydrogen) atoms. The number of carbonyl (C=O) groups is 1. The number of carbonyl (C=O) groups excluding carboxylic acids is 1. The minimum atomic E-state index is -1.49. The maximum Gasteiger partial charge on any atom is 0.341 e. The second-order valence-electron chi connectivity index (χ2n) is 12.1. The summed E-state index contributed by atoms with van der Waals surface area (Å²) in [7, 11) is 0. The maximum absolute atomic E-state index is 12.6. The second kappa shape index (κ2) is 16.6. The average molecular weight is 653 g/mol. The predicted octanol–water partition coefficient (Wildman–Crippen LogP) is -5.38. The summed E-state index contributed by atoms with van der Waals surface area (Å²) in [6, 6.07) is -3.84. The molecule has 4 aliphatic rings. The molecule has 0 spiro atoms. The minimum Gasteiger partial charge on any atom is -0.394 e. The monoisotopic (exact) mass is 652 g/mol. The number of urea groups is 1. The number of amides is 2. The number of rotatable bonds is 12. The molecule has 0 aromatic carbocycles. The topological polar surface area (TPSA) is 325 Å². The lowest BCUT2D eigenvalue weighted by Gasteiger charge is -2.46. The standard InChI is InChI=1S/C26H52N8O11/c27-5-6-34(39)26(38)33-16-7-15(32)20(43-23-13(30)3-1-11(8-28)40-23)22(18(16)36)45-25-19(37)21(17(10-35)42-25)44-24-14(31)4-2-12(9-29)41-24/h11-25,35-37,39H,1-10,27-32H2,(H,33,38). The first kappa shape index (κ1) is 36.5. The van der Waals surface area contributed by atoms with E-state index in [2.05, 4.69) is 5.32 Å². The van der Waals surface area contributed by atoms with Crippen molar-refractivity contribution in [1.29, 1.82) is 0 Å². The third-order valence-electron chi connectivity index (χ3n) is 8.77. The van der Waals surface area contributed by atoms with Crippen LogP contribution in [-0.4, -0.2) is 156 Å². The molecule has 0 aromatic rings. The van der Waals surface area contributed by atoms with Crippen LogP contribution in [0, 0.1) is 0 Å². The van der Waals surface area contributed by atoms with Gasteiger partial charge in [0.05, 0.1) is 43.5 Å². The molecule has 2 amide bonds. The second-order valence-corrected chi connectivity index (χ2v) is 12.1. The third-order valence-corrected chi connectivity index (χ3v) is 8.77. The molecule has 1 aliphatic carbocycles. The van der Waals surface area contributed by atoms with E-state index in [0.717, 1.165) is 0 Å². The number of nitrogens with two attached hydrogens (primary N) is 6. The highest BCUT2D eigenvalue weighted by molar-refractivity contribution is 5.73. The fourth-order valence-electron chi connectivity index (χ4n) is 6.13. The summed E-state index contributed by atoms with van der Waals surface area (Å²) in [4.78, 5) is 12.6. The molecule has 0 bridgehead atoms. The van der Waals surface area contributed by atoms with Gasteiger partial charge in [-0.15, -0.1) is 0 Å². The maximum atomic E-state index is 12.6. The molecule has 0 radical (unpaired) electrons. The molecular formula is C26H52N8O11. The highest BCUT2D eigenvalue weighted by Crippen LogP contribution is 2.34. The molecule has 19 nitrogen and oxygen atoms in total. The van der Waals surface area contributed by atoms with Gasteiger partial charge in [-0.05, 0) is 32.1 Å². The van der Waals surface area contributed by atoms with Crippen molar-refractivity contribution in [2.24, 2.45) is 34.4 Å². The number of ether oxygens (including phenoxy) is 6. The molecule has 19 heteroatoms. The third kappa shape index (κ3) is 8.76. The van der Waals surface area contributed by atoms with Crippen molar-refractivity contribution >= 4 is 6.03 Å². The van der Waals surface area contributed by atoms with E-state index >= 15 is 0 Å². The first-order valence-electron chi connectivity index (χ1n) is 15.5. The van der Waals surface area contributed by atoms with Crippen LogP contribution in [0.3, 0.4) is 0 Å². The van der Waals surface area contributed by atoms with E-state index in [4.69, 9.17) is 62.8 Å². The first-order valence-corrected chi connectivity index (χ1v) is 15.5. The number of nitrogens with one attached hydrogen (secondary N) is 1. The van der Waals surface area contributed by atoms with Crippen LogP contribution in [0.5, 0.6) is 0 Å². The van der Waals surface area contributed by atoms with Crippen molar-refractivity contribution in [3.05, 3.63) is 0 Å². The van der Waals surface area contributed by atoms with Crippen molar-refractivity contribution < 1.29 is 53.7 Å². The molecule has 3 heterocycles. The summed E-state index contributed by atoms with van der Waals surface area (Å²) >= 11 is 0. The van der Waals surface area contributed by atoms with Crippen molar-refractivity contribution in [3.63, 3.8) is 0 Å². The van der Waals surface area contributed by atoms with Crippen molar-refractivity contribution in [2.45, 2.75) is 124 Å². The number of hydroxylamine groups is 2. The SMILES string of the molecule is NCCN(O)C(=O)NC1CC(N)C(OC2OC(CN)CCC2N)C(OC2OC(CO)C(OC3OC(CN)CCC3N)C2O)C1O. The molecule has 15 atom stereocenters. The predicted molar refractivity (Wildman–Crippen MR) is 155 cm³/mol. The minimum absolute atomic E-state index is 0.000407. The van der Waals surface area contributed by atoms with E-state index in [1.807, 2.05) is 0 Å². The number of aliphatic hydroxyl groups excluding tert-OH is 3. The van der Waals surface area contributed by atoms with Crippen LogP contribution >= 0.6 is 0 Å². The van der Waals surface area contributed by atoms with Crippen LogP contribution in [0.1, 0.15) is 32.1 Å². The van der Waals surface area contributed by atoms with E-state index in [9.17, 15) is 25.3 Å². The fourth-order valence-corrected chi connectivity index (χ4v) is 6.13. The van der Waals surface area contributed by atoms with Crippen LogP contribution in [0.25, 0.3) is 0 Å². The Morgan fingerprint density at radius 3 is 1.87 bits per heavy atom. The van der Waals surface area contributed by atoms with Crippen LogP contribution in [0.4, 0.5) is 4.79 Å². The van der Waals surface area contributed by atoms with Gasteiger partial charge >= 0.3 is 6.03 Å². The van der Waals surface area contributed by atoms with Gasteiger partial charge in [-0.2, -0.15) is 0 Å². The first-order chi connectivity index (χ1) is 21.5. The van der Waals surface area contributed by atoms with Gasteiger partial charge in [-0.3, -0.25) is 5.21 Å². The van der Waals surface area contributed by atoms with Crippen LogP contribution in [0.2, 0.25) is 0 Å². The van der Waals surface area contributed by atoms with Gasteiger partial charge in [0, 0.05) is 25.7 Å². The van der Waals surface area contributed by atoms with Crippen molar-refractivity contribution in [3.8, 4) is 0 Å². The van der Waals surface area contributed by atoms with Gasteiger partial charge in [0.1, 0.15) is 36.6 Å². The average Bonchev–Trinajstić information content (AvgIpc) is 3.32. The Morgan fingerprint density at radius 2 is 1.33 bits per heavy atom. The van der Waals surface area contributed by atoms with Gasteiger partial charge in [0.15, 0.2) is 18.9 Å². The van der Waals surface area contributed by atoms with Crippen molar-refractivity contribution in [2.75, 3.05) is 32.8 Å². The molecule has 262 valence electrons. The summed E-state index contributed by atoms with van der Waals surface area (Å²) in [5, 5.41) is 45.7. The Labute approximate surface area is 261 Å². The highest BCUT2D eigenvalue weighted by atomic mass is 16.8.